The molecule has 0 aliphatic rings. The summed E-state index contributed by atoms with van der Waals surface area (Å²) >= 11 is 1.72. The van der Waals surface area contributed by atoms with Crippen molar-refractivity contribution in [1.29, 1.82) is 0 Å². The van der Waals surface area contributed by atoms with Gasteiger partial charge in [0.25, 0.3) is 0 Å². The fraction of sp³-hybridized carbons (Fsp3) is 0.250. The highest BCUT2D eigenvalue weighted by molar-refractivity contribution is 7.99. The van der Waals surface area contributed by atoms with Gasteiger partial charge in [-0.05, 0) is 17.9 Å². The van der Waals surface area contributed by atoms with E-state index in [4.69, 9.17) is 0 Å². The van der Waals surface area contributed by atoms with Crippen LogP contribution in [-0.4, -0.2) is 17.0 Å². The van der Waals surface area contributed by atoms with Crippen molar-refractivity contribution < 1.29 is 4.79 Å². The standard InChI is InChI=1S/C8H9NOS/c1-2-11-8-4-3-7(6-10)9-5-8/h3-6H,2H2,1H3. The first kappa shape index (κ1) is 8.27. The Bertz CT molecular complexity index is 232. The molecule has 0 N–H and O–H groups in total. The summed E-state index contributed by atoms with van der Waals surface area (Å²) in [6, 6.07) is 3.63. The highest BCUT2D eigenvalue weighted by atomic mass is 32.2. The molecule has 3 heteroatoms. The van der Waals surface area contributed by atoms with E-state index in [1.807, 2.05) is 6.07 Å². The van der Waals surface area contributed by atoms with Gasteiger partial charge in [0.2, 0.25) is 0 Å². The molecular weight excluding hydrogens is 158 g/mol. The maximum Gasteiger partial charge on any atom is 0.168 e. The van der Waals surface area contributed by atoms with E-state index in [-0.39, 0.29) is 0 Å². The lowest BCUT2D eigenvalue weighted by Gasteiger charge is -1.95. The van der Waals surface area contributed by atoms with Crippen molar-refractivity contribution in [2.75, 3.05) is 5.75 Å². The topological polar surface area (TPSA) is 30.0 Å². The minimum Gasteiger partial charge on any atom is -0.296 e. The maximum absolute atomic E-state index is 10.2. The number of hydrogen-bond donors (Lipinski definition) is 0. The van der Waals surface area contributed by atoms with Crippen LogP contribution in [0.4, 0.5) is 0 Å². The zero-order valence-electron chi connectivity index (χ0n) is 6.28. The average Bonchev–Trinajstić information content (AvgIpc) is 2.07. The van der Waals surface area contributed by atoms with Crippen LogP contribution in [0.15, 0.2) is 23.2 Å². The fourth-order valence-electron chi connectivity index (χ4n) is 0.713. The van der Waals surface area contributed by atoms with Gasteiger partial charge in [0.1, 0.15) is 5.69 Å². The molecule has 0 unspecified atom stereocenters. The quantitative estimate of drug-likeness (QED) is 0.509. The van der Waals surface area contributed by atoms with Crippen molar-refractivity contribution in [3.8, 4) is 0 Å². The predicted molar refractivity (Wildman–Crippen MR) is 46.0 cm³/mol. The van der Waals surface area contributed by atoms with Crippen LogP contribution in [0.1, 0.15) is 17.4 Å². The summed E-state index contributed by atoms with van der Waals surface area (Å²) in [4.78, 5) is 15.2. The Morgan fingerprint density at radius 1 is 1.64 bits per heavy atom. The molecule has 0 aromatic carbocycles. The van der Waals surface area contributed by atoms with Gasteiger partial charge in [-0.2, -0.15) is 0 Å². The highest BCUT2D eigenvalue weighted by Gasteiger charge is 1.92. The van der Waals surface area contributed by atoms with E-state index in [2.05, 4.69) is 11.9 Å². The molecule has 0 fully saturated rings. The van der Waals surface area contributed by atoms with E-state index >= 15 is 0 Å². The number of nitrogens with zero attached hydrogens (tertiary/aromatic N) is 1. The van der Waals surface area contributed by atoms with Gasteiger partial charge in [-0.25, -0.2) is 0 Å². The molecule has 0 spiro atoms. The van der Waals surface area contributed by atoms with Crippen molar-refractivity contribution in [3.63, 3.8) is 0 Å². The number of hydrogen-bond acceptors (Lipinski definition) is 3. The second-order valence-electron chi connectivity index (χ2n) is 1.97. The Hall–Kier alpha value is -0.830. The number of carbonyl (C=O) groups excluding carboxylic acids is 1. The minimum absolute atomic E-state index is 0.491. The maximum atomic E-state index is 10.2. The lowest BCUT2D eigenvalue weighted by Crippen LogP contribution is -1.84. The van der Waals surface area contributed by atoms with E-state index in [1.165, 1.54) is 0 Å². The molecule has 0 bridgehead atoms. The van der Waals surface area contributed by atoms with Crippen molar-refractivity contribution in [3.05, 3.63) is 24.0 Å². The molecule has 1 rings (SSSR count). The van der Waals surface area contributed by atoms with Crippen molar-refractivity contribution in [2.24, 2.45) is 0 Å². The van der Waals surface area contributed by atoms with Crippen molar-refractivity contribution in [1.82, 2.24) is 4.98 Å². The Morgan fingerprint density at radius 3 is 2.91 bits per heavy atom. The number of aldehydes is 1. The Labute approximate surface area is 70.0 Å². The van der Waals surface area contributed by atoms with Gasteiger partial charge >= 0.3 is 0 Å². The molecule has 1 aromatic rings. The molecule has 0 saturated heterocycles. The van der Waals surface area contributed by atoms with Gasteiger partial charge in [-0.15, -0.1) is 11.8 Å². The third kappa shape index (κ3) is 2.35. The van der Waals surface area contributed by atoms with E-state index in [0.717, 1.165) is 16.9 Å². The molecule has 1 heterocycles. The summed E-state index contributed by atoms with van der Waals surface area (Å²) in [5.41, 5.74) is 0.491. The Balaban J connectivity index is 2.74. The summed E-state index contributed by atoms with van der Waals surface area (Å²) in [6.07, 6.45) is 2.47. The molecule has 2 nitrogen and oxygen atoms in total. The Morgan fingerprint density at radius 2 is 2.45 bits per heavy atom. The third-order valence-corrected chi connectivity index (χ3v) is 2.05. The van der Waals surface area contributed by atoms with Crippen LogP contribution < -0.4 is 0 Å². The first-order chi connectivity index (χ1) is 5.36. The van der Waals surface area contributed by atoms with Crippen LogP contribution in [0.3, 0.4) is 0 Å². The molecule has 0 saturated carbocycles. The summed E-state index contributed by atoms with van der Waals surface area (Å²) < 4.78 is 0. The second kappa shape index (κ2) is 4.13. The van der Waals surface area contributed by atoms with Crippen LogP contribution in [0.2, 0.25) is 0 Å². The third-order valence-electron chi connectivity index (χ3n) is 1.19. The van der Waals surface area contributed by atoms with Gasteiger partial charge in [-0.3, -0.25) is 9.78 Å². The van der Waals surface area contributed by atoms with Gasteiger partial charge in [0.15, 0.2) is 6.29 Å². The zero-order chi connectivity index (χ0) is 8.10. The SMILES string of the molecule is CCSc1ccc(C=O)nc1. The fourth-order valence-corrected chi connectivity index (χ4v) is 1.34. The van der Waals surface area contributed by atoms with E-state index < -0.39 is 0 Å². The number of rotatable bonds is 3. The number of aromatic nitrogens is 1. The summed E-state index contributed by atoms with van der Waals surface area (Å²) in [7, 11) is 0. The molecular formula is C8H9NOS. The summed E-state index contributed by atoms with van der Waals surface area (Å²) in [5, 5.41) is 0. The van der Waals surface area contributed by atoms with Crippen LogP contribution in [-0.2, 0) is 0 Å². The van der Waals surface area contributed by atoms with Crippen molar-refractivity contribution in [2.45, 2.75) is 11.8 Å². The van der Waals surface area contributed by atoms with Crippen molar-refractivity contribution >= 4 is 18.0 Å². The first-order valence-electron chi connectivity index (χ1n) is 3.41. The lowest BCUT2D eigenvalue weighted by molar-refractivity contribution is 0.111. The Kier molecular flexibility index (Phi) is 3.11. The summed E-state index contributed by atoms with van der Waals surface area (Å²) in [6.45, 7) is 2.08. The van der Waals surface area contributed by atoms with Gasteiger partial charge < -0.3 is 0 Å². The van der Waals surface area contributed by atoms with Crippen LogP contribution in [0, 0.1) is 0 Å². The number of carbonyl (C=O) groups is 1. The van der Waals surface area contributed by atoms with Gasteiger partial charge in [0.05, 0.1) is 0 Å². The van der Waals surface area contributed by atoms with Gasteiger partial charge in [0, 0.05) is 11.1 Å². The second-order valence-corrected chi connectivity index (χ2v) is 3.31. The van der Waals surface area contributed by atoms with Crippen LogP contribution >= 0.6 is 11.8 Å². The minimum atomic E-state index is 0.491. The van der Waals surface area contributed by atoms with Crippen LogP contribution in [0.5, 0.6) is 0 Å². The largest absolute Gasteiger partial charge is 0.296 e. The normalized spacial score (nSPS) is 9.55. The monoisotopic (exact) mass is 167 g/mol. The molecule has 0 amide bonds. The molecule has 58 valence electrons. The number of pyridine rings is 1. The molecule has 0 aliphatic carbocycles. The molecule has 1 aromatic heterocycles. The van der Waals surface area contributed by atoms with E-state index in [9.17, 15) is 4.79 Å². The first-order valence-corrected chi connectivity index (χ1v) is 4.39. The van der Waals surface area contributed by atoms with E-state index in [1.54, 1.807) is 24.0 Å². The highest BCUT2D eigenvalue weighted by Crippen LogP contribution is 2.15. The average molecular weight is 167 g/mol. The predicted octanol–water partition coefficient (Wildman–Crippen LogP) is 2.01. The zero-order valence-corrected chi connectivity index (χ0v) is 7.10. The van der Waals surface area contributed by atoms with E-state index in [0.29, 0.717) is 5.69 Å². The molecule has 11 heavy (non-hydrogen) atoms. The van der Waals surface area contributed by atoms with Gasteiger partial charge in [-0.1, -0.05) is 6.92 Å². The smallest absolute Gasteiger partial charge is 0.168 e. The summed E-state index contributed by atoms with van der Waals surface area (Å²) in [5.74, 6) is 1.03. The number of thioether (sulfide) groups is 1. The molecule has 0 aliphatic heterocycles. The lowest BCUT2D eigenvalue weighted by atomic mass is 10.4. The molecule has 0 atom stereocenters. The van der Waals surface area contributed by atoms with Crippen LogP contribution in [0.25, 0.3) is 0 Å². The molecule has 0 radical (unpaired) electrons.